The van der Waals surface area contributed by atoms with Crippen molar-refractivity contribution in [2.75, 3.05) is 26.7 Å². The Kier molecular flexibility index (Phi) is 7.77. The van der Waals surface area contributed by atoms with Crippen molar-refractivity contribution in [3.8, 4) is 5.75 Å². The Morgan fingerprint density at radius 1 is 1.30 bits per heavy atom. The van der Waals surface area contributed by atoms with Gasteiger partial charge < -0.3 is 20.3 Å². The van der Waals surface area contributed by atoms with Crippen molar-refractivity contribution in [2.45, 2.75) is 51.4 Å². The van der Waals surface area contributed by atoms with Crippen LogP contribution in [0.4, 0.5) is 18.0 Å². The zero-order chi connectivity index (χ0) is 19.9. The molecule has 0 radical (unpaired) electrons. The van der Waals surface area contributed by atoms with E-state index in [1.807, 2.05) is 0 Å². The molecule has 0 aliphatic carbocycles. The largest absolute Gasteiger partial charge is 0.497 e. The molecule has 1 saturated heterocycles. The summed E-state index contributed by atoms with van der Waals surface area (Å²) in [5, 5.41) is 5.20. The van der Waals surface area contributed by atoms with E-state index in [9.17, 15) is 18.0 Å². The van der Waals surface area contributed by atoms with Crippen LogP contribution in [0.3, 0.4) is 0 Å². The van der Waals surface area contributed by atoms with Crippen LogP contribution in [0, 0.1) is 0 Å². The summed E-state index contributed by atoms with van der Waals surface area (Å²) in [5.74, 6) is 0.127. The number of hydrogen-bond acceptors (Lipinski definition) is 3. The lowest BCUT2D eigenvalue weighted by atomic mass is 10.0. The first kappa shape index (κ1) is 21.3. The van der Waals surface area contributed by atoms with Gasteiger partial charge in [0.15, 0.2) is 0 Å². The third kappa shape index (κ3) is 6.61. The number of carbonyl (C=O) groups is 1. The first-order chi connectivity index (χ1) is 12.8. The Labute approximate surface area is 158 Å². The van der Waals surface area contributed by atoms with Crippen molar-refractivity contribution >= 4 is 6.03 Å². The van der Waals surface area contributed by atoms with Gasteiger partial charge >= 0.3 is 12.2 Å². The number of halogens is 3. The van der Waals surface area contributed by atoms with Gasteiger partial charge in [-0.15, -0.1) is 0 Å². The van der Waals surface area contributed by atoms with Gasteiger partial charge in [-0.1, -0.05) is 12.5 Å². The lowest BCUT2D eigenvalue weighted by molar-refractivity contribution is -0.138. The topological polar surface area (TPSA) is 53.6 Å². The smallest absolute Gasteiger partial charge is 0.416 e. The molecule has 0 aromatic heterocycles. The van der Waals surface area contributed by atoms with Crippen LogP contribution in [0.15, 0.2) is 18.2 Å². The number of piperidine rings is 1. The number of alkyl halides is 3. The fraction of sp³-hybridized carbons (Fsp3) is 0.632. The minimum atomic E-state index is -4.51. The van der Waals surface area contributed by atoms with E-state index in [2.05, 4.69) is 22.5 Å². The van der Waals surface area contributed by atoms with Crippen LogP contribution in [0.1, 0.15) is 43.7 Å². The molecule has 2 rings (SSSR count). The average molecular weight is 387 g/mol. The second-order valence-electron chi connectivity index (χ2n) is 6.86. The quantitative estimate of drug-likeness (QED) is 0.700. The van der Waals surface area contributed by atoms with Gasteiger partial charge in [0, 0.05) is 25.7 Å². The van der Waals surface area contributed by atoms with Gasteiger partial charge in [-0.2, -0.15) is 13.2 Å². The minimum Gasteiger partial charge on any atom is -0.497 e. The van der Waals surface area contributed by atoms with Gasteiger partial charge in [0.2, 0.25) is 0 Å². The monoisotopic (exact) mass is 387 g/mol. The molecule has 1 atom stereocenters. The molecule has 1 fully saturated rings. The predicted molar refractivity (Wildman–Crippen MR) is 97.7 cm³/mol. The average Bonchev–Trinajstić information content (AvgIpc) is 2.64. The zero-order valence-corrected chi connectivity index (χ0v) is 15.9. The van der Waals surface area contributed by atoms with Gasteiger partial charge in [0.05, 0.1) is 12.7 Å². The highest BCUT2D eigenvalue weighted by atomic mass is 19.4. The molecule has 2 N–H and O–H groups in total. The van der Waals surface area contributed by atoms with Crippen LogP contribution in [0.25, 0.3) is 0 Å². The normalized spacial score (nSPS) is 18.2. The van der Waals surface area contributed by atoms with Gasteiger partial charge in [-0.05, 0) is 50.4 Å². The molecule has 2 amide bonds. The van der Waals surface area contributed by atoms with Crippen molar-refractivity contribution in [3.05, 3.63) is 29.3 Å². The summed E-state index contributed by atoms with van der Waals surface area (Å²) in [6.45, 7) is 4.51. The maximum Gasteiger partial charge on any atom is 0.416 e. The lowest BCUT2D eigenvalue weighted by Crippen LogP contribution is -2.40. The highest BCUT2D eigenvalue weighted by molar-refractivity contribution is 5.73. The summed E-state index contributed by atoms with van der Waals surface area (Å²) in [7, 11) is 1.31. The minimum absolute atomic E-state index is 0.000548. The summed E-state index contributed by atoms with van der Waals surface area (Å²) in [6, 6.07) is 3.81. The molecule has 1 heterocycles. The molecule has 5 nitrogen and oxygen atoms in total. The van der Waals surface area contributed by atoms with E-state index in [1.165, 1.54) is 38.5 Å². The molecule has 1 unspecified atom stereocenters. The van der Waals surface area contributed by atoms with Crippen molar-refractivity contribution < 1.29 is 22.7 Å². The molecule has 1 aromatic rings. The van der Waals surface area contributed by atoms with Crippen molar-refractivity contribution in [2.24, 2.45) is 0 Å². The summed E-state index contributed by atoms with van der Waals surface area (Å²) >= 11 is 0. The number of rotatable bonds is 7. The third-order valence-corrected chi connectivity index (χ3v) is 4.91. The molecular formula is C19H28F3N3O2. The van der Waals surface area contributed by atoms with E-state index in [0.717, 1.165) is 25.6 Å². The molecule has 1 aliphatic rings. The molecule has 152 valence electrons. The van der Waals surface area contributed by atoms with E-state index in [4.69, 9.17) is 4.74 Å². The Balaban J connectivity index is 1.77. The number of likely N-dealkylation sites (tertiary alicyclic amines) is 1. The third-order valence-electron chi connectivity index (χ3n) is 4.91. The van der Waals surface area contributed by atoms with Crippen LogP contribution in [0.5, 0.6) is 5.75 Å². The number of amides is 2. The highest BCUT2D eigenvalue weighted by Crippen LogP contribution is 2.34. The first-order valence-corrected chi connectivity index (χ1v) is 9.31. The Morgan fingerprint density at radius 2 is 2.07 bits per heavy atom. The Hall–Kier alpha value is -1.96. The molecule has 0 spiro atoms. The van der Waals surface area contributed by atoms with Gasteiger partial charge in [0.1, 0.15) is 5.75 Å². The van der Waals surface area contributed by atoms with Gasteiger partial charge in [-0.25, -0.2) is 4.79 Å². The number of carbonyl (C=O) groups excluding carboxylic acids is 1. The second kappa shape index (κ2) is 9.82. The summed E-state index contributed by atoms with van der Waals surface area (Å²) in [4.78, 5) is 14.3. The Bertz CT molecular complexity index is 623. The SMILES string of the molecule is COc1ccc(CNC(=O)NCCCN2CCCCC2C)c(C(F)(F)F)c1. The molecule has 0 bridgehead atoms. The van der Waals surface area contributed by atoms with Crippen LogP contribution >= 0.6 is 0 Å². The number of nitrogens with zero attached hydrogens (tertiary/aromatic N) is 1. The standard InChI is InChI=1S/C19H28F3N3O2/c1-14-6-3-4-10-25(14)11-5-9-23-18(26)24-13-15-7-8-16(27-2)12-17(15)19(20,21)22/h7-8,12,14H,3-6,9-11,13H2,1-2H3,(H2,23,24,26). The molecule has 1 aromatic carbocycles. The van der Waals surface area contributed by atoms with Gasteiger partial charge in [0.25, 0.3) is 0 Å². The number of benzene rings is 1. The zero-order valence-electron chi connectivity index (χ0n) is 15.9. The van der Waals surface area contributed by atoms with Crippen LogP contribution in [0.2, 0.25) is 0 Å². The van der Waals surface area contributed by atoms with Crippen molar-refractivity contribution in [1.82, 2.24) is 15.5 Å². The van der Waals surface area contributed by atoms with Crippen LogP contribution in [-0.2, 0) is 12.7 Å². The fourth-order valence-corrected chi connectivity index (χ4v) is 3.31. The summed E-state index contributed by atoms with van der Waals surface area (Å²) in [5.41, 5.74) is -0.804. The first-order valence-electron chi connectivity index (χ1n) is 9.31. The maximum absolute atomic E-state index is 13.2. The highest BCUT2D eigenvalue weighted by Gasteiger charge is 2.33. The predicted octanol–water partition coefficient (Wildman–Crippen LogP) is 3.78. The van der Waals surface area contributed by atoms with E-state index in [1.54, 1.807) is 0 Å². The lowest BCUT2D eigenvalue weighted by Gasteiger charge is -2.33. The maximum atomic E-state index is 13.2. The molecule has 0 saturated carbocycles. The molecule has 1 aliphatic heterocycles. The van der Waals surface area contributed by atoms with E-state index in [0.29, 0.717) is 12.6 Å². The van der Waals surface area contributed by atoms with Gasteiger partial charge in [-0.3, -0.25) is 0 Å². The van der Waals surface area contributed by atoms with Crippen molar-refractivity contribution in [1.29, 1.82) is 0 Å². The van der Waals surface area contributed by atoms with E-state index in [-0.39, 0.29) is 17.9 Å². The number of ether oxygens (including phenoxy) is 1. The van der Waals surface area contributed by atoms with Crippen LogP contribution < -0.4 is 15.4 Å². The summed E-state index contributed by atoms with van der Waals surface area (Å²) < 4.78 is 44.3. The number of nitrogens with one attached hydrogen (secondary N) is 2. The molecule has 27 heavy (non-hydrogen) atoms. The molecule has 8 heteroatoms. The number of methoxy groups -OCH3 is 1. The van der Waals surface area contributed by atoms with Crippen molar-refractivity contribution in [3.63, 3.8) is 0 Å². The number of urea groups is 1. The van der Waals surface area contributed by atoms with Crippen LogP contribution in [-0.4, -0.2) is 43.7 Å². The Morgan fingerprint density at radius 3 is 2.74 bits per heavy atom. The fourth-order valence-electron chi connectivity index (χ4n) is 3.31. The van der Waals surface area contributed by atoms with E-state index >= 15 is 0 Å². The summed E-state index contributed by atoms with van der Waals surface area (Å²) in [6.07, 6.45) is -0.0101. The second-order valence-corrected chi connectivity index (χ2v) is 6.86. The molecular weight excluding hydrogens is 359 g/mol. The number of hydrogen-bond donors (Lipinski definition) is 2. The van der Waals surface area contributed by atoms with E-state index < -0.39 is 17.8 Å².